The molecule has 2 N–H and O–H groups in total. The molecule has 4 rings (SSSR count). The minimum Gasteiger partial charge on any atom is -0.496 e. The second-order valence-corrected chi connectivity index (χ2v) is 6.82. The minimum absolute atomic E-state index is 0.103. The molecule has 154 valence electrons. The predicted octanol–water partition coefficient (Wildman–Crippen LogP) is 3.44. The van der Waals surface area contributed by atoms with Crippen LogP contribution < -0.4 is 14.8 Å². The van der Waals surface area contributed by atoms with E-state index in [1.807, 2.05) is 30.3 Å². The molecule has 0 radical (unpaired) electrons. The molecule has 0 aliphatic carbocycles. The lowest BCUT2D eigenvalue weighted by Gasteiger charge is -2.23. The van der Waals surface area contributed by atoms with Crippen molar-refractivity contribution >= 4 is 11.6 Å². The van der Waals surface area contributed by atoms with Crippen molar-refractivity contribution in [3.05, 3.63) is 42.4 Å². The average Bonchev–Trinajstić information content (AvgIpc) is 3.26. The fourth-order valence-corrected chi connectivity index (χ4v) is 3.28. The summed E-state index contributed by atoms with van der Waals surface area (Å²) in [7, 11) is 1.62. The van der Waals surface area contributed by atoms with Crippen LogP contribution in [0.5, 0.6) is 11.5 Å². The van der Waals surface area contributed by atoms with E-state index < -0.39 is 0 Å². The molecule has 3 aromatic rings. The van der Waals surface area contributed by atoms with Gasteiger partial charge in [0.2, 0.25) is 0 Å². The fourth-order valence-electron chi connectivity index (χ4n) is 3.28. The highest BCUT2D eigenvalue weighted by Crippen LogP contribution is 2.38. The summed E-state index contributed by atoms with van der Waals surface area (Å²) in [6.45, 7) is 1.27. The van der Waals surface area contributed by atoms with E-state index in [-0.39, 0.29) is 11.8 Å². The first-order valence-electron chi connectivity index (χ1n) is 9.73. The van der Waals surface area contributed by atoms with Gasteiger partial charge in [-0.05, 0) is 31.4 Å². The van der Waals surface area contributed by atoms with Crippen molar-refractivity contribution in [3.63, 3.8) is 0 Å². The Morgan fingerprint density at radius 2 is 2.13 bits per heavy atom. The van der Waals surface area contributed by atoms with Gasteiger partial charge in [-0.25, -0.2) is 9.97 Å². The number of ether oxygens (including phenoxy) is 3. The molecule has 1 aromatic carbocycles. The molecule has 1 aliphatic rings. The van der Waals surface area contributed by atoms with Crippen molar-refractivity contribution in [2.45, 2.75) is 25.4 Å². The Balaban J connectivity index is 1.54. The van der Waals surface area contributed by atoms with Crippen molar-refractivity contribution in [1.29, 1.82) is 5.26 Å². The van der Waals surface area contributed by atoms with Crippen LogP contribution in [0.15, 0.2) is 36.7 Å². The Labute approximate surface area is 174 Å². The van der Waals surface area contributed by atoms with Gasteiger partial charge in [-0.3, -0.25) is 5.10 Å². The third-order valence-electron chi connectivity index (χ3n) is 4.78. The monoisotopic (exact) mass is 406 g/mol. The fraction of sp³-hybridized carbons (Fsp3) is 0.333. The number of nitrogens with one attached hydrogen (secondary N) is 2. The van der Waals surface area contributed by atoms with E-state index >= 15 is 0 Å². The molecular weight excluding hydrogens is 384 g/mol. The number of rotatable bonds is 7. The van der Waals surface area contributed by atoms with Crippen LogP contribution >= 0.6 is 0 Å². The van der Waals surface area contributed by atoms with Crippen molar-refractivity contribution in [3.8, 4) is 28.8 Å². The van der Waals surface area contributed by atoms with Gasteiger partial charge >= 0.3 is 0 Å². The van der Waals surface area contributed by atoms with Crippen molar-refractivity contribution < 1.29 is 14.2 Å². The van der Waals surface area contributed by atoms with Crippen molar-refractivity contribution in [1.82, 2.24) is 20.2 Å². The molecule has 3 heterocycles. The van der Waals surface area contributed by atoms with Gasteiger partial charge in [0, 0.05) is 12.7 Å². The maximum Gasteiger partial charge on any atom is 0.158 e. The van der Waals surface area contributed by atoms with Crippen molar-refractivity contribution in [2.24, 2.45) is 0 Å². The molecule has 1 aliphatic heterocycles. The zero-order valence-electron chi connectivity index (χ0n) is 16.6. The Morgan fingerprint density at radius 3 is 2.87 bits per heavy atom. The first-order chi connectivity index (χ1) is 14.8. The van der Waals surface area contributed by atoms with Gasteiger partial charge in [-0.15, -0.1) is 0 Å². The first kappa shape index (κ1) is 19.7. The molecule has 1 atom stereocenters. The zero-order valence-corrected chi connectivity index (χ0v) is 16.6. The highest BCUT2D eigenvalue weighted by atomic mass is 16.5. The van der Waals surface area contributed by atoms with E-state index in [9.17, 15) is 0 Å². The van der Waals surface area contributed by atoms with Crippen LogP contribution in [0.25, 0.3) is 11.3 Å². The van der Waals surface area contributed by atoms with E-state index in [4.69, 9.17) is 19.5 Å². The number of H-pyrrole nitrogens is 1. The molecule has 0 unspecified atom stereocenters. The first-order valence-corrected chi connectivity index (χ1v) is 9.73. The number of methoxy groups -OCH3 is 1. The summed E-state index contributed by atoms with van der Waals surface area (Å²) in [5.74, 6) is 2.40. The van der Waals surface area contributed by atoms with Gasteiger partial charge in [-0.1, -0.05) is 6.07 Å². The number of hydrogen-bond acceptors (Lipinski definition) is 8. The number of hydrogen-bond donors (Lipinski definition) is 2. The lowest BCUT2D eigenvalue weighted by Crippen LogP contribution is -2.25. The molecule has 1 saturated heterocycles. The minimum atomic E-state index is 0.103. The van der Waals surface area contributed by atoms with E-state index in [2.05, 4.69) is 25.5 Å². The smallest absolute Gasteiger partial charge is 0.158 e. The normalized spacial score (nSPS) is 15.9. The largest absolute Gasteiger partial charge is 0.496 e. The van der Waals surface area contributed by atoms with Gasteiger partial charge in [0.05, 0.1) is 36.9 Å². The van der Waals surface area contributed by atoms with E-state index in [1.54, 1.807) is 7.11 Å². The van der Waals surface area contributed by atoms with Crippen LogP contribution in [0.2, 0.25) is 0 Å². The lowest BCUT2D eigenvalue weighted by molar-refractivity contribution is -0.0109. The lowest BCUT2D eigenvalue weighted by atomic mass is 10.1. The number of aromatic amines is 1. The van der Waals surface area contributed by atoms with Gasteiger partial charge < -0.3 is 19.5 Å². The molecule has 0 spiro atoms. The highest BCUT2D eigenvalue weighted by molar-refractivity contribution is 5.76. The molecule has 0 bridgehead atoms. The molecule has 0 saturated carbocycles. The maximum absolute atomic E-state index is 8.83. The molecule has 0 amide bonds. The van der Waals surface area contributed by atoms with Crippen LogP contribution in [0.3, 0.4) is 0 Å². The topological polar surface area (TPSA) is 118 Å². The second kappa shape index (κ2) is 9.24. The van der Waals surface area contributed by atoms with Gasteiger partial charge in [-0.2, -0.15) is 10.4 Å². The molecule has 2 aromatic heterocycles. The summed E-state index contributed by atoms with van der Waals surface area (Å²) < 4.78 is 17.4. The number of nitriles is 1. The predicted molar refractivity (Wildman–Crippen MR) is 110 cm³/mol. The standard InChI is InChI=1S/C21H22N6O3/c1-28-17-6-4-7-18(30-13-15-5-2-3-8-29-15)21(17)16-9-19(27-26-16)25-20-12-23-14(10-22)11-24-20/h4,6-7,9,11-12,15H,2-3,5,8,13H2,1H3,(H2,24,25,26,27)/t15-/m0/s1. The van der Waals surface area contributed by atoms with E-state index in [1.165, 1.54) is 12.4 Å². The van der Waals surface area contributed by atoms with Crippen LogP contribution in [0.1, 0.15) is 25.0 Å². The molecular formula is C21H22N6O3. The summed E-state index contributed by atoms with van der Waals surface area (Å²) in [6.07, 6.45) is 6.25. The quantitative estimate of drug-likeness (QED) is 0.613. The Bertz CT molecular complexity index is 1020. The molecule has 1 fully saturated rings. The zero-order chi connectivity index (χ0) is 20.8. The van der Waals surface area contributed by atoms with Crippen LogP contribution in [-0.4, -0.2) is 46.6 Å². The third-order valence-corrected chi connectivity index (χ3v) is 4.78. The summed E-state index contributed by atoms with van der Waals surface area (Å²) in [5, 5.41) is 19.2. The number of nitrogens with zero attached hydrogens (tertiary/aromatic N) is 4. The van der Waals surface area contributed by atoms with Gasteiger partial charge in [0.25, 0.3) is 0 Å². The van der Waals surface area contributed by atoms with E-state index in [0.717, 1.165) is 37.1 Å². The van der Waals surface area contributed by atoms with Crippen LogP contribution in [0.4, 0.5) is 11.6 Å². The van der Waals surface area contributed by atoms with Crippen LogP contribution in [-0.2, 0) is 4.74 Å². The number of aromatic nitrogens is 4. The molecule has 30 heavy (non-hydrogen) atoms. The summed E-state index contributed by atoms with van der Waals surface area (Å²) in [6, 6.07) is 9.44. The third kappa shape index (κ3) is 4.50. The second-order valence-electron chi connectivity index (χ2n) is 6.82. The van der Waals surface area contributed by atoms with Gasteiger partial charge in [0.1, 0.15) is 30.0 Å². The van der Waals surface area contributed by atoms with E-state index in [0.29, 0.717) is 29.7 Å². The Kier molecular flexibility index (Phi) is 6.06. The highest BCUT2D eigenvalue weighted by Gasteiger charge is 2.19. The number of anilines is 2. The van der Waals surface area contributed by atoms with Crippen molar-refractivity contribution in [2.75, 3.05) is 25.6 Å². The number of benzene rings is 1. The summed E-state index contributed by atoms with van der Waals surface area (Å²) in [4.78, 5) is 8.14. The molecule has 9 heteroatoms. The average molecular weight is 406 g/mol. The van der Waals surface area contributed by atoms with Crippen LogP contribution in [0, 0.1) is 11.3 Å². The Morgan fingerprint density at radius 1 is 1.23 bits per heavy atom. The van der Waals surface area contributed by atoms with Gasteiger partial charge in [0.15, 0.2) is 11.5 Å². The summed E-state index contributed by atoms with van der Waals surface area (Å²) in [5.41, 5.74) is 1.76. The maximum atomic E-state index is 8.83. The Hall–Kier alpha value is -3.64. The SMILES string of the molecule is COc1cccc(OC[C@@H]2CCCCO2)c1-c1cc(Nc2cnc(C#N)cn2)n[nH]1. The summed E-state index contributed by atoms with van der Waals surface area (Å²) >= 11 is 0. The molecule has 9 nitrogen and oxygen atoms in total.